The van der Waals surface area contributed by atoms with Gasteiger partial charge in [0, 0.05) is 25.7 Å². The van der Waals surface area contributed by atoms with Crippen LogP contribution in [0.5, 0.6) is 0 Å². The molecule has 0 aliphatic heterocycles. The Morgan fingerprint density at radius 1 is 0.375 bits per heavy atom. The van der Waals surface area contributed by atoms with Crippen molar-refractivity contribution in [3.05, 3.63) is 48.6 Å². The third kappa shape index (κ3) is 40.7. The molecule has 322 valence electrons. The number of hydrogen-bond donors (Lipinski definition) is 0. The van der Waals surface area contributed by atoms with E-state index >= 15 is 0 Å². The minimum absolute atomic E-state index is 0.0388. The van der Waals surface area contributed by atoms with Crippen LogP contribution in [-0.2, 0) is 33.4 Å². The van der Waals surface area contributed by atoms with Crippen LogP contribution in [0.2, 0.25) is 0 Å². The van der Waals surface area contributed by atoms with E-state index in [4.69, 9.17) is 14.2 Å². The second-order valence-corrected chi connectivity index (χ2v) is 15.3. The SMILES string of the molecule is CCCCC/C=C\C/C=C\CCCCCCCC(=O)OCC(COC(=O)CCCCCCC/C=C\C/C=C\CCCCC)OC(=O)CCC(=O)CCCCCC. The van der Waals surface area contributed by atoms with Gasteiger partial charge in [0.25, 0.3) is 0 Å². The lowest BCUT2D eigenvalue weighted by atomic mass is 10.1. The molecule has 0 radical (unpaired) electrons. The van der Waals surface area contributed by atoms with Gasteiger partial charge >= 0.3 is 17.9 Å². The molecule has 0 N–H and O–H groups in total. The van der Waals surface area contributed by atoms with Gasteiger partial charge in [-0.15, -0.1) is 0 Å². The second-order valence-electron chi connectivity index (χ2n) is 15.3. The predicted octanol–water partition coefficient (Wildman–Crippen LogP) is 13.9. The molecule has 0 rings (SSSR count). The maximum atomic E-state index is 12.6. The first-order valence-corrected chi connectivity index (χ1v) is 23.0. The van der Waals surface area contributed by atoms with Crippen molar-refractivity contribution in [3.8, 4) is 0 Å². The van der Waals surface area contributed by atoms with Gasteiger partial charge in [-0.3, -0.25) is 19.2 Å². The van der Waals surface area contributed by atoms with Crippen LogP contribution in [0, 0.1) is 0 Å². The molecule has 0 aromatic carbocycles. The lowest BCUT2D eigenvalue weighted by Gasteiger charge is -2.18. The van der Waals surface area contributed by atoms with Gasteiger partial charge in [-0.25, -0.2) is 0 Å². The van der Waals surface area contributed by atoms with Crippen LogP contribution in [-0.4, -0.2) is 43.0 Å². The largest absolute Gasteiger partial charge is 0.462 e. The summed E-state index contributed by atoms with van der Waals surface area (Å²) in [6.07, 6.45) is 46.7. The van der Waals surface area contributed by atoms with Crippen molar-refractivity contribution in [2.24, 2.45) is 0 Å². The summed E-state index contributed by atoms with van der Waals surface area (Å²) in [5.74, 6) is -1.21. The van der Waals surface area contributed by atoms with Gasteiger partial charge in [-0.05, 0) is 83.5 Å². The summed E-state index contributed by atoms with van der Waals surface area (Å²) in [7, 11) is 0. The first kappa shape index (κ1) is 53.0. The third-order valence-electron chi connectivity index (χ3n) is 9.74. The van der Waals surface area contributed by atoms with E-state index in [9.17, 15) is 19.2 Å². The van der Waals surface area contributed by atoms with E-state index in [0.717, 1.165) is 116 Å². The van der Waals surface area contributed by atoms with Crippen molar-refractivity contribution in [1.82, 2.24) is 0 Å². The third-order valence-corrected chi connectivity index (χ3v) is 9.74. The summed E-state index contributed by atoms with van der Waals surface area (Å²) in [4.78, 5) is 49.8. The Labute approximate surface area is 343 Å². The van der Waals surface area contributed by atoms with Crippen LogP contribution in [0.25, 0.3) is 0 Å². The molecule has 0 spiro atoms. The van der Waals surface area contributed by atoms with E-state index in [1.54, 1.807) is 0 Å². The van der Waals surface area contributed by atoms with Gasteiger partial charge in [0.2, 0.25) is 0 Å². The Hall–Kier alpha value is -2.96. The second kappa shape index (κ2) is 43.2. The zero-order valence-corrected chi connectivity index (χ0v) is 36.4. The van der Waals surface area contributed by atoms with Crippen molar-refractivity contribution < 1.29 is 33.4 Å². The molecule has 0 bridgehead atoms. The van der Waals surface area contributed by atoms with Crippen molar-refractivity contribution in [2.75, 3.05) is 13.2 Å². The highest BCUT2D eigenvalue weighted by molar-refractivity contribution is 5.83. The highest BCUT2D eigenvalue weighted by Gasteiger charge is 2.20. The smallest absolute Gasteiger partial charge is 0.306 e. The molecule has 0 aliphatic rings. The molecule has 0 amide bonds. The molecule has 0 aromatic rings. The minimum atomic E-state index is -0.899. The van der Waals surface area contributed by atoms with Gasteiger partial charge in [0.05, 0.1) is 6.42 Å². The van der Waals surface area contributed by atoms with E-state index < -0.39 is 12.1 Å². The molecule has 0 unspecified atom stereocenters. The minimum Gasteiger partial charge on any atom is -0.462 e. The highest BCUT2D eigenvalue weighted by Crippen LogP contribution is 2.12. The van der Waals surface area contributed by atoms with Crippen molar-refractivity contribution in [1.29, 1.82) is 0 Å². The molecular weight excluding hydrogens is 701 g/mol. The molecular formula is C49H84O7. The number of carbonyl (C=O) groups excluding carboxylic acids is 4. The number of ether oxygens (including phenoxy) is 3. The summed E-state index contributed by atoms with van der Waals surface area (Å²) < 4.78 is 16.4. The molecule has 0 heterocycles. The maximum absolute atomic E-state index is 12.6. The van der Waals surface area contributed by atoms with Gasteiger partial charge in [-0.2, -0.15) is 0 Å². The number of rotatable bonds is 41. The topological polar surface area (TPSA) is 96.0 Å². The number of unbranched alkanes of at least 4 members (excludes halogenated alkanes) is 19. The van der Waals surface area contributed by atoms with Gasteiger partial charge in [0.15, 0.2) is 6.10 Å². The van der Waals surface area contributed by atoms with E-state index in [2.05, 4.69) is 69.4 Å². The molecule has 0 fully saturated rings. The van der Waals surface area contributed by atoms with Crippen molar-refractivity contribution in [3.63, 3.8) is 0 Å². The monoisotopic (exact) mass is 785 g/mol. The predicted molar refractivity (Wildman–Crippen MR) is 234 cm³/mol. The van der Waals surface area contributed by atoms with Crippen LogP contribution in [0.15, 0.2) is 48.6 Å². The molecule has 7 nitrogen and oxygen atoms in total. The fraction of sp³-hybridized carbons (Fsp3) is 0.755. The van der Waals surface area contributed by atoms with Crippen LogP contribution < -0.4 is 0 Å². The summed E-state index contributed by atoms with van der Waals surface area (Å²) in [5.41, 5.74) is 0. The molecule has 7 heteroatoms. The average molecular weight is 785 g/mol. The van der Waals surface area contributed by atoms with Crippen LogP contribution in [0.4, 0.5) is 0 Å². The summed E-state index contributed by atoms with van der Waals surface area (Å²) in [6, 6.07) is 0. The Kier molecular flexibility index (Phi) is 40.9. The summed E-state index contributed by atoms with van der Waals surface area (Å²) in [6.45, 7) is 6.23. The zero-order valence-electron chi connectivity index (χ0n) is 36.4. The number of esters is 3. The van der Waals surface area contributed by atoms with Gasteiger partial charge in [0.1, 0.15) is 19.0 Å². The molecule has 0 saturated heterocycles. The molecule has 0 aromatic heterocycles. The standard InChI is InChI=1S/C49H84O7/c1-4-7-10-13-15-17-19-21-23-25-27-29-31-33-36-39-47(51)54-43-46(56-49(53)42-41-45(50)38-35-12-9-6-3)44-55-48(52)40-37-34-32-30-28-26-24-22-20-18-16-14-11-8-5-2/h15-18,21-24,46H,4-14,19-20,25-44H2,1-3H3/b17-15-,18-16-,23-21-,24-22-. The lowest BCUT2D eigenvalue weighted by molar-refractivity contribution is -0.167. The van der Waals surface area contributed by atoms with Crippen LogP contribution >= 0.6 is 0 Å². The maximum Gasteiger partial charge on any atom is 0.306 e. The fourth-order valence-corrected chi connectivity index (χ4v) is 6.15. The number of ketones is 1. The van der Waals surface area contributed by atoms with Crippen molar-refractivity contribution >= 4 is 23.7 Å². The number of carbonyl (C=O) groups is 4. The number of hydrogen-bond acceptors (Lipinski definition) is 7. The fourth-order valence-electron chi connectivity index (χ4n) is 6.15. The Morgan fingerprint density at radius 2 is 0.732 bits per heavy atom. The molecule has 0 saturated carbocycles. The van der Waals surface area contributed by atoms with E-state index in [1.807, 2.05) is 0 Å². The molecule has 0 atom stereocenters. The quantitative estimate of drug-likeness (QED) is 0.0264. The van der Waals surface area contributed by atoms with E-state index in [-0.39, 0.29) is 43.8 Å². The number of Topliss-reactive ketones (excluding diaryl/α,β-unsaturated/α-hetero) is 1. The summed E-state index contributed by atoms with van der Waals surface area (Å²) in [5, 5.41) is 0. The zero-order chi connectivity index (χ0) is 41.0. The number of allylic oxidation sites excluding steroid dienone is 8. The normalized spacial score (nSPS) is 11.9. The Bertz CT molecular complexity index is 995. The summed E-state index contributed by atoms with van der Waals surface area (Å²) >= 11 is 0. The first-order valence-electron chi connectivity index (χ1n) is 23.0. The Balaban J connectivity index is 4.41. The Morgan fingerprint density at radius 3 is 1.18 bits per heavy atom. The van der Waals surface area contributed by atoms with Crippen LogP contribution in [0.3, 0.4) is 0 Å². The van der Waals surface area contributed by atoms with Crippen molar-refractivity contribution in [2.45, 2.75) is 226 Å². The molecule has 0 aliphatic carbocycles. The lowest BCUT2D eigenvalue weighted by Crippen LogP contribution is -2.31. The van der Waals surface area contributed by atoms with Gasteiger partial charge in [-0.1, -0.05) is 153 Å². The van der Waals surface area contributed by atoms with E-state index in [1.165, 1.54) is 51.4 Å². The first-order chi connectivity index (χ1) is 27.4. The van der Waals surface area contributed by atoms with Crippen LogP contribution in [0.1, 0.15) is 220 Å². The van der Waals surface area contributed by atoms with E-state index in [0.29, 0.717) is 19.3 Å². The van der Waals surface area contributed by atoms with Gasteiger partial charge < -0.3 is 14.2 Å². The molecule has 56 heavy (non-hydrogen) atoms. The average Bonchev–Trinajstić information content (AvgIpc) is 3.19. The highest BCUT2D eigenvalue weighted by atomic mass is 16.6.